The van der Waals surface area contributed by atoms with Crippen LogP contribution in [-0.4, -0.2) is 35.1 Å². The Labute approximate surface area is 128 Å². The molecule has 4 heteroatoms. The molecule has 116 valence electrons. The number of imidazole rings is 1. The molecule has 0 amide bonds. The summed E-state index contributed by atoms with van der Waals surface area (Å²) in [5, 5.41) is 0. The third-order valence-corrected chi connectivity index (χ3v) is 4.18. The van der Waals surface area contributed by atoms with Crippen molar-refractivity contribution in [1.29, 1.82) is 0 Å². The first-order valence-electron chi connectivity index (χ1n) is 7.97. The Morgan fingerprint density at radius 1 is 1.24 bits per heavy atom. The molecule has 0 aliphatic rings. The van der Waals surface area contributed by atoms with Gasteiger partial charge in [-0.1, -0.05) is 19.9 Å². The predicted molar refractivity (Wildman–Crippen MR) is 90.6 cm³/mol. The number of aromatic nitrogens is 2. The number of hydrogen-bond acceptors (Lipinski definition) is 3. The van der Waals surface area contributed by atoms with Gasteiger partial charge in [-0.2, -0.15) is 0 Å². The van der Waals surface area contributed by atoms with E-state index in [0.29, 0.717) is 5.92 Å². The molecule has 21 heavy (non-hydrogen) atoms. The highest BCUT2D eigenvalue weighted by Crippen LogP contribution is 2.29. The Balaban J connectivity index is 2.42. The van der Waals surface area contributed by atoms with Crippen LogP contribution in [0.1, 0.15) is 44.9 Å². The van der Waals surface area contributed by atoms with Crippen LogP contribution >= 0.6 is 0 Å². The molecule has 0 unspecified atom stereocenters. The third kappa shape index (κ3) is 3.38. The largest absolute Gasteiger partial charge is 0.397 e. The fourth-order valence-electron chi connectivity index (χ4n) is 2.93. The summed E-state index contributed by atoms with van der Waals surface area (Å²) in [4.78, 5) is 7.10. The van der Waals surface area contributed by atoms with Gasteiger partial charge < -0.3 is 15.2 Å². The molecular weight excluding hydrogens is 260 g/mol. The number of benzene rings is 1. The monoisotopic (exact) mass is 288 g/mol. The predicted octanol–water partition coefficient (Wildman–Crippen LogP) is 3.47. The molecule has 0 spiro atoms. The summed E-state index contributed by atoms with van der Waals surface area (Å²) in [5.41, 5.74) is 9.04. The van der Waals surface area contributed by atoms with Gasteiger partial charge in [0.15, 0.2) is 0 Å². The van der Waals surface area contributed by atoms with Gasteiger partial charge in [-0.15, -0.1) is 0 Å². The van der Waals surface area contributed by atoms with Crippen molar-refractivity contribution in [2.45, 2.75) is 45.6 Å². The lowest BCUT2D eigenvalue weighted by Crippen LogP contribution is -2.16. The number of nitrogens with two attached hydrogens (primary N) is 1. The second-order valence-electron chi connectivity index (χ2n) is 6.01. The molecule has 0 saturated heterocycles. The molecule has 0 atom stereocenters. The van der Waals surface area contributed by atoms with Gasteiger partial charge in [0, 0.05) is 12.5 Å². The van der Waals surface area contributed by atoms with Crippen LogP contribution in [0.15, 0.2) is 18.2 Å². The first kappa shape index (κ1) is 15.8. The van der Waals surface area contributed by atoms with E-state index >= 15 is 0 Å². The second-order valence-corrected chi connectivity index (χ2v) is 6.01. The van der Waals surface area contributed by atoms with Gasteiger partial charge in [0.25, 0.3) is 0 Å². The summed E-state index contributed by atoms with van der Waals surface area (Å²) in [5.74, 6) is 1.71. The molecule has 1 aromatic heterocycles. The molecule has 0 radical (unpaired) electrons. The average Bonchev–Trinajstić information content (AvgIpc) is 2.81. The SMILES string of the molecule is CCC(CC)c1nc2c(N)cccc2n1CCCN(C)C. The summed E-state index contributed by atoms with van der Waals surface area (Å²) in [6.07, 6.45) is 3.36. The van der Waals surface area contributed by atoms with Crippen LogP contribution < -0.4 is 5.73 Å². The van der Waals surface area contributed by atoms with E-state index in [2.05, 4.69) is 43.5 Å². The van der Waals surface area contributed by atoms with E-state index in [0.717, 1.165) is 43.6 Å². The zero-order valence-corrected chi connectivity index (χ0v) is 13.8. The average molecular weight is 288 g/mol. The van der Waals surface area contributed by atoms with Crippen molar-refractivity contribution >= 4 is 16.7 Å². The first-order chi connectivity index (χ1) is 10.1. The maximum absolute atomic E-state index is 6.11. The molecule has 0 fully saturated rings. The molecule has 0 aliphatic carbocycles. The number of nitrogens with zero attached hydrogens (tertiary/aromatic N) is 3. The molecule has 4 nitrogen and oxygen atoms in total. The Hall–Kier alpha value is -1.55. The number of aryl methyl sites for hydroxylation is 1. The Bertz CT molecular complexity index is 582. The summed E-state index contributed by atoms with van der Waals surface area (Å²) >= 11 is 0. The van der Waals surface area contributed by atoms with Crippen LogP contribution in [-0.2, 0) is 6.54 Å². The fraction of sp³-hybridized carbons (Fsp3) is 0.588. The number of anilines is 1. The lowest BCUT2D eigenvalue weighted by atomic mass is 10.0. The molecule has 1 heterocycles. The number of para-hydroxylation sites is 1. The van der Waals surface area contributed by atoms with Gasteiger partial charge in [0.1, 0.15) is 11.3 Å². The number of nitrogen functional groups attached to an aromatic ring is 1. The lowest BCUT2D eigenvalue weighted by Gasteiger charge is -2.16. The van der Waals surface area contributed by atoms with Crippen molar-refractivity contribution in [3.8, 4) is 0 Å². The van der Waals surface area contributed by atoms with Crippen molar-refractivity contribution in [3.05, 3.63) is 24.0 Å². The van der Waals surface area contributed by atoms with Crippen LogP contribution in [0.2, 0.25) is 0 Å². The van der Waals surface area contributed by atoms with Crippen molar-refractivity contribution in [2.75, 3.05) is 26.4 Å². The standard InChI is InChI=1S/C17H28N4/c1-5-13(6-2)17-19-16-14(18)9-7-10-15(16)21(17)12-8-11-20(3)4/h7,9-10,13H,5-6,8,11-12,18H2,1-4H3. The summed E-state index contributed by atoms with van der Waals surface area (Å²) in [7, 11) is 4.23. The van der Waals surface area contributed by atoms with E-state index in [1.165, 1.54) is 11.3 Å². The Morgan fingerprint density at radius 3 is 2.57 bits per heavy atom. The summed E-state index contributed by atoms with van der Waals surface area (Å²) < 4.78 is 2.38. The van der Waals surface area contributed by atoms with E-state index in [9.17, 15) is 0 Å². The van der Waals surface area contributed by atoms with Gasteiger partial charge >= 0.3 is 0 Å². The lowest BCUT2D eigenvalue weighted by molar-refractivity contribution is 0.384. The molecule has 1 aromatic carbocycles. The molecule has 2 aromatic rings. The molecule has 2 rings (SSSR count). The second kappa shape index (κ2) is 6.94. The summed E-state index contributed by atoms with van der Waals surface area (Å²) in [6, 6.07) is 6.11. The quantitative estimate of drug-likeness (QED) is 0.794. The Morgan fingerprint density at radius 2 is 1.95 bits per heavy atom. The minimum Gasteiger partial charge on any atom is -0.397 e. The smallest absolute Gasteiger partial charge is 0.113 e. The van der Waals surface area contributed by atoms with Crippen molar-refractivity contribution in [2.24, 2.45) is 0 Å². The molecule has 0 saturated carbocycles. The maximum Gasteiger partial charge on any atom is 0.113 e. The third-order valence-electron chi connectivity index (χ3n) is 4.18. The number of hydrogen-bond donors (Lipinski definition) is 1. The van der Waals surface area contributed by atoms with Crippen molar-refractivity contribution in [3.63, 3.8) is 0 Å². The minimum atomic E-state index is 0.510. The van der Waals surface area contributed by atoms with Crippen LogP contribution in [0, 0.1) is 0 Å². The van der Waals surface area contributed by atoms with E-state index < -0.39 is 0 Å². The van der Waals surface area contributed by atoms with Crippen molar-refractivity contribution in [1.82, 2.24) is 14.5 Å². The van der Waals surface area contributed by atoms with Gasteiger partial charge in [-0.25, -0.2) is 4.98 Å². The van der Waals surface area contributed by atoms with E-state index in [4.69, 9.17) is 10.7 Å². The fourth-order valence-corrected chi connectivity index (χ4v) is 2.93. The van der Waals surface area contributed by atoms with Gasteiger partial charge in [0.2, 0.25) is 0 Å². The molecular formula is C17H28N4. The van der Waals surface area contributed by atoms with Gasteiger partial charge in [0.05, 0.1) is 11.2 Å². The zero-order chi connectivity index (χ0) is 15.4. The van der Waals surface area contributed by atoms with E-state index in [-0.39, 0.29) is 0 Å². The van der Waals surface area contributed by atoms with Crippen LogP contribution in [0.5, 0.6) is 0 Å². The maximum atomic E-state index is 6.11. The molecule has 0 aliphatic heterocycles. The number of fused-ring (bicyclic) bond motifs is 1. The molecule has 0 bridgehead atoms. The number of rotatable bonds is 7. The van der Waals surface area contributed by atoms with Crippen LogP contribution in [0.25, 0.3) is 11.0 Å². The minimum absolute atomic E-state index is 0.510. The van der Waals surface area contributed by atoms with Gasteiger partial charge in [-0.05, 0) is 52.0 Å². The highest BCUT2D eigenvalue weighted by atomic mass is 15.1. The summed E-state index contributed by atoms with van der Waals surface area (Å²) in [6.45, 7) is 6.57. The highest BCUT2D eigenvalue weighted by molar-refractivity contribution is 5.87. The van der Waals surface area contributed by atoms with E-state index in [1.807, 2.05) is 12.1 Å². The van der Waals surface area contributed by atoms with Crippen LogP contribution in [0.4, 0.5) is 5.69 Å². The van der Waals surface area contributed by atoms with Crippen molar-refractivity contribution < 1.29 is 0 Å². The molecule has 2 N–H and O–H groups in total. The normalized spacial score (nSPS) is 11.9. The highest BCUT2D eigenvalue weighted by Gasteiger charge is 2.18. The topological polar surface area (TPSA) is 47.1 Å². The van der Waals surface area contributed by atoms with Gasteiger partial charge in [-0.3, -0.25) is 0 Å². The van der Waals surface area contributed by atoms with Crippen LogP contribution in [0.3, 0.4) is 0 Å². The zero-order valence-electron chi connectivity index (χ0n) is 13.8. The first-order valence-corrected chi connectivity index (χ1v) is 7.97. The Kier molecular flexibility index (Phi) is 5.23. The van der Waals surface area contributed by atoms with E-state index in [1.54, 1.807) is 0 Å².